The Morgan fingerprint density at radius 1 is 1.54 bits per heavy atom. The Morgan fingerprint density at radius 2 is 2.15 bits per heavy atom. The van der Waals surface area contributed by atoms with Gasteiger partial charge in [0.25, 0.3) is 0 Å². The van der Waals surface area contributed by atoms with Crippen LogP contribution in [0.4, 0.5) is 4.39 Å². The van der Waals surface area contributed by atoms with Crippen molar-refractivity contribution in [1.29, 1.82) is 0 Å². The molecule has 0 aromatic rings. The van der Waals surface area contributed by atoms with Crippen LogP contribution in [0.25, 0.3) is 0 Å². The average molecular weight is 183 g/mol. The molecule has 0 saturated heterocycles. The van der Waals surface area contributed by atoms with Gasteiger partial charge in [-0.1, -0.05) is 18.6 Å². The molecule has 1 aliphatic carbocycles. The summed E-state index contributed by atoms with van der Waals surface area (Å²) in [4.78, 5) is 0. The van der Waals surface area contributed by atoms with Crippen LogP contribution < -0.4 is 5.73 Å². The number of allylic oxidation sites excluding steroid dienone is 2. The molecule has 2 heteroatoms. The molecule has 74 valence electrons. The van der Waals surface area contributed by atoms with E-state index >= 15 is 0 Å². The van der Waals surface area contributed by atoms with E-state index in [4.69, 9.17) is 5.73 Å². The van der Waals surface area contributed by atoms with Gasteiger partial charge in [0.05, 0.1) is 0 Å². The molecule has 0 radical (unpaired) electrons. The van der Waals surface area contributed by atoms with Crippen LogP contribution in [-0.4, -0.2) is 5.54 Å². The van der Waals surface area contributed by atoms with Crippen molar-refractivity contribution in [2.45, 2.75) is 45.6 Å². The van der Waals surface area contributed by atoms with E-state index in [1.54, 1.807) is 0 Å². The van der Waals surface area contributed by atoms with Crippen molar-refractivity contribution in [3.63, 3.8) is 0 Å². The van der Waals surface area contributed by atoms with Gasteiger partial charge in [-0.05, 0) is 26.7 Å². The zero-order valence-corrected chi connectivity index (χ0v) is 8.65. The Hall–Kier alpha value is -0.630. The first kappa shape index (κ1) is 10.5. The molecule has 13 heavy (non-hydrogen) atoms. The van der Waals surface area contributed by atoms with Crippen molar-refractivity contribution in [1.82, 2.24) is 0 Å². The minimum absolute atomic E-state index is 0.0301. The molecule has 1 rings (SSSR count). The number of halogens is 1. The zero-order valence-electron chi connectivity index (χ0n) is 8.65. The van der Waals surface area contributed by atoms with Gasteiger partial charge in [0.2, 0.25) is 0 Å². The summed E-state index contributed by atoms with van der Waals surface area (Å²) >= 11 is 0. The summed E-state index contributed by atoms with van der Waals surface area (Å²) in [5, 5.41) is 0. The van der Waals surface area contributed by atoms with E-state index in [1.165, 1.54) is 5.57 Å². The van der Waals surface area contributed by atoms with Gasteiger partial charge in [-0.2, -0.15) is 0 Å². The summed E-state index contributed by atoms with van der Waals surface area (Å²) in [6, 6.07) is 0. The first-order valence-electron chi connectivity index (χ1n) is 4.82. The predicted octanol–water partition coefficient (Wildman–Crippen LogP) is 3.08. The van der Waals surface area contributed by atoms with Gasteiger partial charge in [0.1, 0.15) is 5.83 Å². The van der Waals surface area contributed by atoms with Crippen molar-refractivity contribution >= 4 is 0 Å². The SMILES string of the molecule is CCC(C)(N)C1=C(F)CCC(C)=C1. The second kappa shape index (κ2) is 3.62. The van der Waals surface area contributed by atoms with Gasteiger partial charge in [0.15, 0.2) is 0 Å². The molecular weight excluding hydrogens is 165 g/mol. The molecule has 0 spiro atoms. The summed E-state index contributed by atoms with van der Waals surface area (Å²) in [5.41, 5.74) is 7.41. The second-order valence-electron chi connectivity index (χ2n) is 4.08. The van der Waals surface area contributed by atoms with E-state index in [-0.39, 0.29) is 5.83 Å². The number of hydrogen-bond acceptors (Lipinski definition) is 1. The Kier molecular flexibility index (Phi) is 2.91. The molecule has 0 heterocycles. The van der Waals surface area contributed by atoms with E-state index in [0.717, 1.165) is 12.8 Å². The van der Waals surface area contributed by atoms with E-state index in [0.29, 0.717) is 12.0 Å². The van der Waals surface area contributed by atoms with Crippen LogP contribution in [0.3, 0.4) is 0 Å². The number of hydrogen-bond donors (Lipinski definition) is 1. The van der Waals surface area contributed by atoms with E-state index < -0.39 is 5.54 Å². The molecule has 2 N–H and O–H groups in total. The van der Waals surface area contributed by atoms with Crippen molar-refractivity contribution in [3.8, 4) is 0 Å². The Balaban J connectivity index is 3.02. The summed E-state index contributed by atoms with van der Waals surface area (Å²) in [7, 11) is 0. The molecular formula is C11H18FN. The number of rotatable bonds is 2. The summed E-state index contributed by atoms with van der Waals surface area (Å²) in [6.07, 6.45) is 4.02. The lowest BCUT2D eigenvalue weighted by atomic mass is 9.84. The first-order valence-corrected chi connectivity index (χ1v) is 4.82. The third-order valence-corrected chi connectivity index (χ3v) is 2.77. The fraction of sp³-hybridized carbons (Fsp3) is 0.636. The average Bonchev–Trinajstić information content (AvgIpc) is 2.09. The zero-order chi connectivity index (χ0) is 10.1. The van der Waals surface area contributed by atoms with Gasteiger partial charge in [-0.15, -0.1) is 0 Å². The highest BCUT2D eigenvalue weighted by Crippen LogP contribution is 2.31. The Morgan fingerprint density at radius 3 is 2.69 bits per heavy atom. The highest BCUT2D eigenvalue weighted by Gasteiger charge is 2.25. The van der Waals surface area contributed by atoms with Crippen LogP contribution in [0.5, 0.6) is 0 Å². The molecule has 0 aromatic carbocycles. The van der Waals surface area contributed by atoms with Gasteiger partial charge in [-0.25, -0.2) is 4.39 Å². The van der Waals surface area contributed by atoms with Crippen LogP contribution in [0.15, 0.2) is 23.0 Å². The minimum atomic E-state index is -0.508. The Bertz CT molecular complexity index is 261. The molecule has 1 aliphatic rings. The summed E-state index contributed by atoms with van der Waals surface area (Å²) < 4.78 is 13.5. The topological polar surface area (TPSA) is 26.0 Å². The summed E-state index contributed by atoms with van der Waals surface area (Å²) in [6.45, 7) is 5.90. The quantitative estimate of drug-likeness (QED) is 0.699. The molecule has 0 aliphatic heterocycles. The molecule has 1 nitrogen and oxygen atoms in total. The summed E-state index contributed by atoms with van der Waals surface area (Å²) in [5.74, 6) is -0.0301. The molecule has 0 bridgehead atoms. The molecule has 1 unspecified atom stereocenters. The molecule has 0 amide bonds. The normalized spacial score (nSPS) is 22.7. The largest absolute Gasteiger partial charge is 0.322 e. The van der Waals surface area contributed by atoms with Crippen LogP contribution >= 0.6 is 0 Å². The third-order valence-electron chi connectivity index (χ3n) is 2.77. The predicted molar refractivity (Wildman–Crippen MR) is 54.0 cm³/mol. The fourth-order valence-electron chi connectivity index (χ4n) is 1.50. The lowest BCUT2D eigenvalue weighted by Crippen LogP contribution is -2.38. The van der Waals surface area contributed by atoms with Gasteiger partial charge in [0, 0.05) is 17.5 Å². The van der Waals surface area contributed by atoms with Gasteiger partial charge < -0.3 is 5.73 Å². The lowest BCUT2D eigenvalue weighted by Gasteiger charge is -2.28. The standard InChI is InChI=1S/C11H18FN/c1-4-11(3,13)9-7-8(2)5-6-10(9)12/h7H,4-6,13H2,1-3H3. The van der Waals surface area contributed by atoms with Gasteiger partial charge >= 0.3 is 0 Å². The highest BCUT2D eigenvalue weighted by atomic mass is 19.1. The molecule has 1 atom stereocenters. The molecule has 0 aromatic heterocycles. The lowest BCUT2D eigenvalue weighted by molar-refractivity contribution is 0.485. The second-order valence-corrected chi connectivity index (χ2v) is 4.08. The minimum Gasteiger partial charge on any atom is -0.322 e. The highest BCUT2D eigenvalue weighted by molar-refractivity contribution is 5.37. The maximum absolute atomic E-state index is 13.5. The molecule has 0 fully saturated rings. The van der Waals surface area contributed by atoms with Crippen LogP contribution in [0.2, 0.25) is 0 Å². The smallest absolute Gasteiger partial charge is 0.105 e. The number of nitrogens with two attached hydrogens (primary N) is 1. The van der Waals surface area contributed by atoms with Crippen molar-refractivity contribution in [3.05, 3.63) is 23.0 Å². The van der Waals surface area contributed by atoms with Crippen molar-refractivity contribution in [2.75, 3.05) is 0 Å². The van der Waals surface area contributed by atoms with Crippen molar-refractivity contribution in [2.24, 2.45) is 5.73 Å². The maximum atomic E-state index is 13.5. The van der Waals surface area contributed by atoms with Crippen LogP contribution in [0.1, 0.15) is 40.0 Å². The first-order chi connectivity index (χ1) is 5.97. The monoisotopic (exact) mass is 183 g/mol. The van der Waals surface area contributed by atoms with Crippen LogP contribution in [0, 0.1) is 0 Å². The third kappa shape index (κ3) is 2.19. The van der Waals surface area contributed by atoms with Crippen LogP contribution in [-0.2, 0) is 0 Å². The van der Waals surface area contributed by atoms with Crippen molar-refractivity contribution < 1.29 is 4.39 Å². The van der Waals surface area contributed by atoms with E-state index in [2.05, 4.69) is 0 Å². The fourth-order valence-corrected chi connectivity index (χ4v) is 1.50. The van der Waals surface area contributed by atoms with Gasteiger partial charge in [-0.3, -0.25) is 0 Å². The molecule has 0 saturated carbocycles. The maximum Gasteiger partial charge on any atom is 0.105 e. The Labute approximate surface area is 79.5 Å². The van der Waals surface area contributed by atoms with E-state index in [9.17, 15) is 4.39 Å². The van der Waals surface area contributed by atoms with E-state index in [1.807, 2.05) is 26.8 Å².